The van der Waals surface area contributed by atoms with Gasteiger partial charge in [0.15, 0.2) is 0 Å². The number of hydrogen-bond donors (Lipinski definition) is 3. The van der Waals surface area contributed by atoms with Crippen LogP contribution in [-0.2, 0) is 39.0 Å². The summed E-state index contributed by atoms with van der Waals surface area (Å²) < 4.78 is 33.1. The summed E-state index contributed by atoms with van der Waals surface area (Å²) in [7, 11) is -4.00. The molecule has 0 radical (unpaired) electrons. The Bertz CT molecular complexity index is 1420. The number of nitrogens with one attached hydrogen (secondary N) is 2. The largest absolute Gasteiger partial charge is 0.494 e. The van der Waals surface area contributed by atoms with Crippen LogP contribution in [0.2, 0.25) is 0 Å². The fourth-order valence-corrected chi connectivity index (χ4v) is 5.39. The van der Waals surface area contributed by atoms with E-state index in [4.69, 9.17) is 15.7 Å². The van der Waals surface area contributed by atoms with Crippen molar-refractivity contribution in [2.24, 2.45) is 11.7 Å². The van der Waals surface area contributed by atoms with Gasteiger partial charge in [0.1, 0.15) is 11.3 Å². The van der Waals surface area contributed by atoms with Gasteiger partial charge in [0.25, 0.3) is 0 Å². The number of carbonyl (C=O) groups is 2. The van der Waals surface area contributed by atoms with Crippen LogP contribution in [0.3, 0.4) is 0 Å². The molecular weight excluding hydrogens is 516 g/mol. The van der Waals surface area contributed by atoms with E-state index in [1.807, 2.05) is 19.1 Å². The third-order valence-electron chi connectivity index (χ3n) is 6.27. The van der Waals surface area contributed by atoms with Gasteiger partial charge in [0.2, 0.25) is 21.8 Å². The normalized spacial score (nSPS) is 13.5. The first-order chi connectivity index (χ1) is 18.6. The minimum absolute atomic E-state index is 0.0442. The number of carbonyl (C=O) groups excluding carboxylic acids is 2. The Hall–Kier alpha value is -4.20. The third kappa shape index (κ3) is 8.14. The molecule has 4 N–H and O–H groups in total. The number of sulfonamides is 1. The van der Waals surface area contributed by atoms with Crippen LogP contribution in [0, 0.1) is 17.2 Å². The number of rotatable bonds is 13. The Morgan fingerprint density at radius 3 is 2.13 bits per heavy atom. The van der Waals surface area contributed by atoms with Gasteiger partial charge in [-0.3, -0.25) is 9.59 Å². The number of nitriles is 1. The molecule has 0 spiro atoms. The fourth-order valence-electron chi connectivity index (χ4n) is 4.41. The lowest BCUT2D eigenvalue weighted by atomic mass is 9.75. The molecule has 0 fully saturated rings. The number of benzene rings is 3. The van der Waals surface area contributed by atoms with Crippen LogP contribution in [0.4, 0.5) is 0 Å². The maximum Gasteiger partial charge on any atom is 0.239 e. The van der Waals surface area contributed by atoms with Gasteiger partial charge in [0, 0.05) is 13.0 Å². The van der Waals surface area contributed by atoms with Crippen LogP contribution in [0.15, 0.2) is 78.9 Å². The smallest absolute Gasteiger partial charge is 0.239 e. The van der Waals surface area contributed by atoms with Crippen molar-refractivity contribution in [3.63, 3.8) is 0 Å². The molecule has 0 saturated carbocycles. The van der Waals surface area contributed by atoms with Gasteiger partial charge in [-0.05, 0) is 54.3 Å². The predicted molar refractivity (Wildman–Crippen MR) is 148 cm³/mol. The van der Waals surface area contributed by atoms with Crippen molar-refractivity contribution in [1.29, 1.82) is 5.26 Å². The summed E-state index contributed by atoms with van der Waals surface area (Å²) in [6, 6.07) is 24.6. The molecule has 204 valence electrons. The van der Waals surface area contributed by atoms with Crippen molar-refractivity contribution >= 4 is 21.8 Å². The third-order valence-corrected chi connectivity index (χ3v) is 7.00. The highest BCUT2D eigenvalue weighted by Gasteiger charge is 2.50. The van der Waals surface area contributed by atoms with Gasteiger partial charge in [-0.25, -0.2) is 8.42 Å². The van der Waals surface area contributed by atoms with Crippen molar-refractivity contribution in [2.75, 3.05) is 12.9 Å². The second kappa shape index (κ2) is 13.0. The number of nitrogens with zero attached hydrogens (tertiary/aromatic N) is 1. The summed E-state index contributed by atoms with van der Waals surface area (Å²) in [5.74, 6) is -2.11. The summed E-state index contributed by atoms with van der Waals surface area (Å²) in [4.78, 5) is 27.0. The Kier molecular flexibility index (Phi) is 9.82. The highest BCUT2D eigenvalue weighted by Crippen LogP contribution is 2.29. The molecule has 2 amide bonds. The average Bonchev–Trinajstić information content (AvgIpc) is 2.91. The number of ether oxygens (including phenoxy) is 1. The zero-order valence-electron chi connectivity index (χ0n) is 21.9. The first kappa shape index (κ1) is 29.4. The highest BCUT2D eigenvalue weighted by molar-refractivity contribution is 7.88. The van der Waals surface area contributed by atoms with Gasteiger partial charge in [-0.2, -0.15) is 9.98 Å². The summed E-state index contributed by atoms with van der Waals surface area (Å²) in [5, 5.41) is 11.9. The van der Waals surface area contributed by atoms with Crippen molar-refractivity contribution in [3.8, 4) is 11.8 Å². The summed E-state index contributed by atoms with van der Waals surface area (Å²) in [6.07, 6.45) is 0.809. The molecule has 0 aliphatic heterocycles. The second-order valence-corrected chi connectivity index (χ2v) is 11.0. The average molecular weight is 549 g/mol. The van der Waals surface area contributed by atoms with Crippen LogP contribution in [0.1, 0.15) is 29.2 Å². The van der Waals surface area contributed by atoms with Crippen LogP contribution < -0.4 is 20.5 Å². The van der Waals surface area contributed by atoms with Crippen LogP contribution in [-0.4, -0.2) is 38.6 Å². The number of amides is 2. The van der Waals surface area contributed by atoms with Crippen LogP contribution >= 0.6 is 0 Å². The molecule has 9 nitrogen and oxygen atoms in total. The zero-order chi connectivity index (χ0) is 28.5. The van der Waals surface area contributed by atoms with E-state index in [-0.39, 0.29) is 19.4 Å². The lowest BCUT2D eigenvalue weighted by Gasteiger charge is -2.38. The van der Waals surface area contributed by atoms with Gasteiger partial charge in [-0.1, -0.05) is 54.6 Å². The number of hydrogen-bond acceptors (Lipinski definition) is 6. The Morgan fingerprint density at radius 1 is 0.974 bits per heavy atom. The lowest BCUT2D eigenvalue weighted by Crippen LogP contribution is -2.66. The van der Waals surface area contributed by atoms with Gasteiger partial charge < -0.3 is 15.8 Å². The maximum absolute atomic E-state index is 13.8. The van der Waals surface area contributed by atoms with E-state index in [0.717, 1.165) is 17.4 Å². The molecule has 10 heteroatoms. The molecule has 3 aromatic carbocycles. The molecule has 0 aliphatic rings. The van der Waals surface area contributed by atoms with E-state index in [9.17, 15) is 18.0 Å². The minimum atomic E-state index is -4.00. The SMILES string of the molecule is CCOc1ccc(CC(NS(C)(=O)=O)(C(N)=O)[C@H](Cc2ccccc2)C(=O)NCc2ccc(C#N)cc2)cc1. The van der Waals surface area contributed by atoms with E-state index in [2.05, 4.69) is 10.0 Å². The van der Waals surface area contributed by atoms with E-state index >= 15 is 0 Å². The van der Waals surface area contributed by atoms with E-state index in [0.29, 0.717) is 23.5 Å². The fraction of sp³-hybridized carbons (Fsp3) is 0.276. The Morgan fingerprint density at radius 2 is 1.59 bits per heavy atom. The molecule has 2 atom stereocenters. The molecular formula is C29H32N4O5S. The summed E-state index contributed by atoms with van der Waals surface area (Å²) in [6.45, 7) is 2.43. The van der Waals surface area contributed by atoms with Crippen LogP contribution in [0.5, 0.6) is 5.75 Å². The number of primary amides is 1. The Balaban J connectivity index is 2.04. The monoisotopic (exact) mass is 548 g/mol. The predicted octanol–water partition coefficient (Wildman–Crippen LogP) is 2.45. The molecule has 0 bridgehead atoms. The quantitative estimate of drug-likeness (QED) is 0.298. The maximum atomic E-state index is 13.8. The molecule has 3 aromatic rings. The molecule has 1 unspecified atom stereocenters. The molecule has 0 aromatic heterocycles. The van der Waals surface area contributed by atoms with E-state index < -0.39 is 33.3 Å². The lowest BCUT2D eigenvalue weighted by molar-refractivity contribution is -0.135. The standard InChI is InChI=1S/C29H32N4O5S/c1-3-38-25-15-13-22(14-16-25)18-29(28(31)35,33-39(2,36)37)26(17-21-7-5-4-6-8-21)27(34)32-20-24-11-9-23(19-30)10-12-24/h4-16,26,33H,3,17-18,20H2,1-2H3,(H2,31,35)(H,32,34)/t26-,29?/m1/s1. The van der Waals surface area contributed by atoms with Crippen LogP contribution in [0.25, 0.3) is 0 Å². The summed E-state index contributed by atoms with van der Waals surface area (Å²) >= 11 is 0. The molecule has 0 saturated heterocycles. The van der Waals surface area contributed by atoms with Gasteiger partial charge in [0.05, 0.1) is 30.4 Å². The molecule has 0 heterocycles. The first-order valence-corrected chi connectivity index (χ1v) is 14.3. The van der Waals surface area contributed by atoms with E-state index in [1.165, 1.54) is 0 Å². The highest BCUT2D eigenvalue weighted by atomic mass is 32.2. The first-order valence-electron chi connectivity index (χ1n) is 12.4. The number of nitrogens with two attached hydrogens (primary N) is 1. The van der Waals surface area contributed by atoms with Crippen molar-refractivity contribution in [3.05, 3.63) is 101 Å². The zero-order valence-corrected chi connectivity index (χ0v) is 22.7. The van der Waals surface area contributed by atoms with Crippen molar-refractivity contribution < 1.29 is 22.7 Å². The molecule has 3 rings (SSSR count). The van der Waals surface area contributed by atoms with Crippen molar-refractivity contribution in [1.82, 2.24) is 10.0 Å². The van der Waals surface area contributed by atoms with Gasteiger partial charge >= 0.3 is 0 Å². The topological polar surface area (TPSA) is 151 Å². The van der Waals surface area contributed by atoms with Crippen molar-refractivity contribution in [2.45, 2.75) is 31.8 Å². The molecule has 39 heavy (non-hydrogen) atoms. The Labute approximate surface area is 229 Å². The minimum Gasteiger partial charge on any atom is -0.494 e. The van der Waals surface area contributed by atoms with Gasteiger partial charge in [-0.15, -0.1) is 0 Å². The van der Waals surface area contributed by atoms with E-state index in [1.54, 1.807) is 72.8 Å². The second-order valence-electron chi connectivity index (χ2n) is 9.23. The summed E-state index contributed by atoms with van der Waals surface area (Å²) in [5.41, 5.74) is 6.48. The molecule has 0 aliphatic carbocycles.